The fourth-order valence-corrected chi connectivity index (χ4v) is 4.80. The minimum atomic E-state index is -0.926. The maximum Gasteiger partial charge on any atom is 0.334 e. The number of aliphatic hydroxyl groups excluding tert-OH is 1. The number of epoxide rings is 1. The van der Waals surface area contributed by atoms with Gasteiger partial charge in [-0.2, -0.15) is 0 Å². The van der Waals surface area contributed by atoms with Gasteiger partial charge in [0, 0.05) is 11.5 Å². The molecule has 0 amide bonds. The number of carbonyl (C=O) groups is 2. The molecule has 2 saturated heterocycles. The van der Waals surface area contributed by atoms with Crippen molar-refractivity contribution in [1.82, 2.24) is 0 Å². The molecule has 108 valence electrons. The summed E-state index contributed by atoms with van der Waals surface area (Å²) in [5, 5.41) is 10.8. The summed E-state index contributed by atoms with van der Waals surface area (Å²) in [4.78, 5) is 24.3. The molecular weight excluding hydrogens is 260 g/mol. The van der Waals surface area contributed by atoms with Gasteiger partial charge in [-0.1, -0.05) is 13.5 Å². The molecule has 4 aliphatic rings. The SMILES string of the molecule is C=C1C(=O)OC2CC(C)C3C4OC4C(=O)[C@@]3(C)C(O)C12. The summed E-state index contributed by atoms with van der Waals surface area (Å²) in [6.45, 7) is 7.62. The zero-order valence-electron chi connectivity index (χ0n) is 11.5. The lowest BCUT2D eigenvalue weighted by Crippen LogP contribution is -2.49. The van der Waals surface area contributed by atoms with Crippen LogP contribution in [0.15, 0.2) is 12.2 Å². The van der Waals surface area contributed by atoms with Gasteiger partial charge in [-0.05, 0) is 19.3 Å². The Morgan fingerprint density at radius 1 is 1.40 bits per heavy atom. The second kappa shape index (κ2) is 3.52. The van der Waals surface area contributed by atoms with Crippen molar-refractivity contribution < 1.29 is 24.2 Å². The van der Waals surface area contributed by atoms with Crippen LogP contribution < -0.4 is 0 Å². The average molecular weight is 278 g/mol. The highest BCUT2D eigenvalue weighted by Crippen LogP contribution is 2.61. The van der Waals surface area contributed by atoms with Gasteiger partial charge >= 0.3 is 5.97 Å². The highest BCUT2D eigenvalue weighted by molar-refractivity contribution is 5.96. The van der Waals surface area contributed by atoms with Crippen LogP contribution in [-0.2, 0) is 19.1 Å². The Hall–Kier alpha value is -1.20. The molecule has 2 saturated carbocycles. The van der Waals surface area contributed by atoms with Crippen molar-refractivity contribution in [2.75, 3.05) is 0 Å². The Balaban J connectivity index is 1.81. The maximum atomic E-state index is 12.5. The molecule has 0 bridgehead atoms. The van der Waals surface area contributed by atoms with E-state index < -0.39 is 23.4 Å². The Morgan fingerprint density at radius 2 is 2.10 bits per heavy atom. The van der Waals surface area contributed by atoms with Crippen LogP contribution in [0.3, 0.4) is 0 Å². The summed E-state index contributed by atoms with van der Waals surface area (Å²) in [5.74, 6) is -0.793. The van der Waals surface area contributed by atoms with Gasteiger partial charge in [-0.25, -0.2) is 4.79 Å². The van der Waals surface area contributed by atoms with Crippen molar-refractivity contribution in [3.63, 3.8) is 0 Å². The van der Waals surface area contributed by atoms with Gasteiger partial charge in [0.05, 0.1) is 23.5 Å². The second-order valence-electron chi connectivity index (χ2n) is 6.85. The van der Waals surface area contributed by atoms with Crippen molar-refractivity contribution in [2.24, 2.45) is 23.2 Å². The van der Waals surface area contributed by atoms with Crippen molar-refractivity contribution in [1.29, 1.82) is 0 Å². The first kappa shape index (κ1) is 12.5. The van der Waals surface area contributed by atoms with Gasteiger partial charge in [-0.3, -0.25) is 4.79 Å². The highest BCUT2D eigenvalue weighted by atomic mass is 16.6. The summed E-state index contributed by atoms with van der Waals surface area (Å²) >= 11 is 0. The van der Waals surface area contributed by atoms with E-state index in [1.54, 1.807) is 0 Å². The topological polar surface area (TPSA) is 76.1 Å². The molecule has 8 atom stereocenters. The molecule has 2 aliphatic carbocycles. The summed E-state index contributed by atoms with van der Waals surface area (Å²) < 4.78 is 10.8. The zero-order valence-corrected chi connectivity index (χ0v) is 11.5. The molecule has 0 aromatic rings. The number of esters is 1. The van der Waals surface area contributed by atoms with Gasteiger partial charge in [0.2, 0.25) is 0 Å². The van der Waals surface area contributed by atoms with Crippen LogP contribution in [0.1, 0.15) is 20.3 Å². The third-order valence-electron chi connectivity index (χ3n) is 5.86. The van der Waals surface area contributed by atoms with Crippen molar-refractivity contribution >= 4 is 11.8 Å². The van der Waals surface area contributed by atoms with E-state index in [2.05, 4.69) is 6.58 Å². The largest absolute Gasteiger partial charge is 0.458 e. The van der Waals surface area contributed by atoms with Crippen LogP contribution in [-0.4, -0.2) is 41.3 Å². The number of hydrogen-bond acceptors (Lipinski definition) is 5. The Morgan fingerprint density at radius 3 is 2.80 bits per heavy atom. The minimum absolute atomic E-state index is 0.00731. The molecular formula is C15H18O5. The monoisotopic (exact) mass is 278 g/mol. The number of Topliss-reactive ketones (excluding diaryl/α,β-unsaturated/α-hetero) is 1. The fraction of sp³-hybridized carbons (Fsp3) is 0.733. The maximum absolute atomic E-state index is 12.5. The first-order valence-electron chi connectivity index (χ1n) is 7.15. The second-order valence-corrected chi connectivity index (χ2v) is 6.85. The van der Waals surface area contributed by atoms with E-state index in [4.69, 9.17) is 9.47 Å². The van der Waals surface area contributed by atoms with Crippen LogP contribution in [0.5, 0.6) is 0 Å². The van der Waals surface area contributed by atoms with Crippen LogP contribution in [0, 0.1) is 23.2 Å². The minimum Gasteiger partial charge on any atom is -0.458 e. The fourth-order valence-electron chi connectivity index (χ4n) is 4.80. The number of fused-ring (bicyclic) bond motifs is 4. The number of aliphatic hydroxyl groups is 1. The molecule has 1 N–H and O–H groups in total. The Labute approximate surface area is 116 Å². The van der Waals surface area contributed by atoms with Crippen LogP contribution in [0.4, 0.5) is 0 Å². The number of ether oxygens (including phenoxy) is 2. The van der Waals surface area contributed by atoms with Gasteiger partial charge in [0.25, 0.3) is 0 Å². The number of ketones is 1. The summed E-state index contributed by atoms with van der Waals surface area (Å²) in [7, 11) is 0. The summed E-state index contributed by atoms with van der Waals surface area (Å²) in [6, 6.07) is 0. The molecule has 7 unspecified atom stereocenters. The molecule has 0 radical (unpaired) electrons. The smallest absolute Gasteiger partial charge is 0.334 e. The number of carbonyl (C=O) groups excluding carboxylic acids is 2. The molecule has 5 heteroatoms. The molecule has 0 spiro atoms. The van der Waals surface area contributed by atoms with Gasteiger partial charge < -0.3 is 14.6 Å². The molecule has 4 rings (SSSR count). The lowest BCUT2D eigenvalue weighted by atomic mass is 9.67. The van der Waals surface area contributed by atoms with E-state index >= 15 is 0 Å². The average Bonchev–Trinajstić information content (AvgIpc) is 3.06. The van der Waals surface area contributed by atoms with Crippen LogP contribution >= 0.6 is 0 Å². The molecule has 2 heterocycles. The van der Waals surface area contributed by atoms with Crippen LogP contribution in [0.25, 0.3) is 0 Å². The molecule has 2 aliphatic heterocycles. The predicted octanol–water partition coefficient (Wildman–Crippen LogP) is 0.457. The third-order valence-corrected chi connectivity index (χ3v) is 5.86. The lowest BCUT2D eigenvalue weighted by Gasteiger charge is -2.38. The quantitative estimate of drug-likeness (QED) is 0.396. The summed E-state index contributed by atoms with van der Waals surface area (Å²) in [5.41, 5.74) is -0.561. The van der Waals surface area contributed by atoms with E-state index in [9.17, 15) is 14.7 Å². The normalized spacial score (nSPS) is 56.8. The van der Waals surface area contributed by atoms with Gasteiger partial charge in [0.1, 0.15) is 12.2 Å². The molecule has 0 aromatic heterocycles. The molecule has 5 nitrogen and oxygen atoms in total. The summed E-state index contributed by atoms with van der Waals surface area (Å²) in [6.07, 6.45) is -1.07. The standard InChI is InChI=1S/C15H18O5/c1-5-4-7-8(6(2)14(18)19-7)12(16)15(3)9(5)10-11(20-10)13(15)17/h5,7-12,16H,2,4H2,1,3H3/t5?,7?,8?,9?,10?,11?,12?,15-/m1/s1. The van der Waals surface area contributed by atoms with E-state index in [0.29, 0.717) is 12.0 Å². The third kappa shape index (κ3) is 1.21. The molecule has 4 fully saturated rings. The van der Waals surface area contributed by atoms with Gasteiger partial charge in [0.15, 0.2) is 5.78 Å². The van der Waals surface area contributed by atoms with Gasteiger partial charge in [-0.15, -0.1) is 0 Å². The molecule has 0 aromatic carbocycles. The highest BCUT2D eigenvalue weighted by Gasteiger charge is 2.73. The lowest BCUT2D eigenvalue weighted by molar-refractivity contribution is -0.143. The van der Waals surface area contributed by atoms with E-state index in [1.807, 2.05) is 13.8 Å². The number of rotatable bonds is 0. The van der Waals surface area contributed by atoms with Crippen molar-refractivity contribution in [3.05, 3.63) is 12.2 Å². The predicted molar refractivity (Wildman–Crippen MR) is 67.6 cm³/mol. The van der Waals surface area contributed by atoms with E-state index in [0.717, 1.165) is 0 Å². The van der Waals surface area contributed by atoms with Crippen molar-refractivity contribution in [2.45, 2.75) is 44.7 Å². The van der Waals surface area contributed by atoms with E-state index in [-0.39, 0.29) is 35.9 Å². The van der Waals surface area contributed by atoms with Crippen molar-refractivity contribution in [3.8, 4) is 0 Å². The van der Waals surface area contributed by atoms with Crippen LogP contribution in [0.2, 0.25) is 0 Å². The first-order valence-corrected chi connectivity index (χ1v) is 7.15. The molecule has 20 heavy (non-hydrogen) atoms. The number of hydrogen-bond donors (Lipinski definition) is 1. The zero-order chi connectivity index (χ0) is 14.4. The van der Waals surface area contributed by atoms with E-state index in [1.165, 1.54) is 0 Å². The Bertz CT molecular complexity index is 540. The first-order chi connectivity index (χ1) is 9.37. The Kier molecular flexibility index (Phi) is 2.20.